The minimum Gasteiger partial charge on any atom is -0.268 e. The van der Waals surface area contributed by atoms with Gasteiger partial charge in [-0.2, -0.15) is 5.10 Å². The number of rotatable bonds is 4. The van der Waals surface area contributed by atoms with E-state index in [1.54, 1.807) is 12.3 Å². The van der Waals surface area contributed by atoms with E-state index < -0.39 is 0 Å². The van der Waals surface area contributed by atoms with E-state index in [1.165, 1.54) is 10.7 Å². The van der Waals surface area contributed by atoms with E-state index in [-0.39, 0.29) is 5.56 Å². The molecule has 0 unspecified atom stereocenters. The van der Waals surface area contributed by atoms with Gasteiger partial charge in [-0.15, -0.1) is 0 Å². The van der Waals surface area contributed by atoms with Crippen LogP contribution in [0.25, 0.3) is 11.4 Å². The molecular formula is C15H14N4O. The van der Waals surface area contributed by atoms with Gasteiger partial charge in [0, 0.05) is 37.0 Å². The Labute approximate surface area is 116 Å². The van der Waals surface area contributed by atoms with Gasteiger partial charge in [-0.3, -0.25) is 14.8 Å². The molecule has 100 valence electrons. The van der Waals surface area contributed by atoms with Crippen LogP contribution < -0.4 is 5.56 Å². The molecule has 0 fully saturated rings. The first-order valence-electron chi connectivity index (χ1n) is 6.54. The fourth-order valence-electron chi connectivity index (χ4n) is 2.06. The third kappa shape index (κ3) is 2.71. The maximum absolute atomic E-state index is 11.8. The summed E-state index contributed by atoms with van der Waals surface area (Å²) >= 11 is 0. The van der Waals surface area contributed by atoms with Crippen molar-refractivity contribution in [3.8, 4) is 11.4 Å². The Bertz CT molecular complexity index is 716. The fraction of sp³-hybridized carbons (Fsp3) is 0.200. The topological polar surface area (TPSA) is 60.1 Å². The largest absolute Gasteiger partial charge is 0.268 e. The Morgan fingerprint density at radius 1 is 1.15 bits per heavy atom. The molecule has 0 saturated carbocycles. The summed E-state index contributed by atoms with van der Waals surface area (Å²) in [6.07, 6.45) is 7.24. The molecule has 2 aromatic rings. The second-order valence-corrected chi connectivity index (χ2v) is 4.49. The lowest BCUT2D eigenvalue weighted by Crippen LogP contribution is -2.22. The smallest absolute Gasteiger partial charge is 0.266 e. The molecule has 0 N–H and O–H groups in total. The van der Waals surface area contributed by atoms with Gasteiger partial charge in [0.2, 0.25) is 0 Å². The van der Waals surface area contributed by atoms with Crippen LogP contribution in [-0.4, -0.2) is 21.0 Å². The standard InChI is InChI=1S/C15H14N4O/c20-15-7-6-14(13-5-1-2-9-17-13)18-19(15)11-8-12-4-3-10-16-12/h1-2,4-7,9-10H,3,8,11H2. The molecule has 5 heteroatoms. The molecule has 0 radical (unpaired) electrons. The van der Waals surface area contributed by atoms with Crippen LogP contribution in [0.5, 0.6) is 0 Å². The van der Waals surface area contributed by atoms with Crippen molar-refractivity contribution in [2.45, 2.75) is 19.4 Å². The van der Waals surface area contributed by atoms with Crippen molar-refractivity contribution >= 4 is 6.21 Å². The maximum Gasteiger partial charge on any atom is 0.266 e. The quantitative estimate of drug-likeness (QED) is 0.851. The molecule has 0 spiro atoms. The Balaban J connectivity index is 1.83. The number of hydrogen-bond acceptors (Lipinski definition) is 4. The number of allylic oxidation sites excluding steroid dienone is 2. The molecule has 0 aliphatic carbocycles. The van der Waals surface area contributed by atoms with Crippen molar-refractivity contribution in [1.29, 1.82) is 0 Å². The number of aliphatic imine (C=N–C) groups is 1. The molecule has 2 aromatic heterocycles. The first kappa shape index (κ1) is 12.5. The van der Waals surface area contributed by atoms with E-state index in [9.17, 15) is 4.79 Å². The molecule has 0 amide bonds. The first-order valence-corrected chi connectivity index (χ1v) is 6.54. The fourth-order valence-corrected chi connectivity index (χ4v) is 2.06. The Morgan fingerprint density at radius 2 is 2.10 bits per heavy atom. The third-order valence-corrected chi connectivity index (χ3v) is 3.09. The summed E-state index contributed by atoms with van der Waals surface area (Å²) in [6.45, 7) is 0.530. The molecule has 0 atom stereocenters. The number of aromatic nitrogens is 3. The van der Waals surface area contributed by atoms with Gasteiger partial charge in [-0.1, -0.05) is 12.1 Å². The monoisotopic (exact) mass is 266 g/mol. The minimum atomic E-state index is -0.104. The summed E-state index contributed by atoms with van der Waals surface area (Å²) in [5.41, 5.74) is 2.38. The third-order valence-electron chi connectivity index (χ3n) is 3.09. The highest BCUT2D eigenvalue weighted by Gasteiger charge is 2.06. The normalized spacial score (nSPS) is 13.5. The predicted octanol–water partition coefficient (Wildman–Crippen LogP) is 2.05. The van der Waals surface area contributed by atoms with Gasteiger partial charge in [0.25, 0.3) is 5.56 Å². The molecular weight excluding hydrogens is 252 g/mol. The summed E-state index contributed by atoms with van der Waals surface area (Å²) in [7, 11) is 0. The van der Waals surface area contributed by atoms with Crippen molar-refractivity contribution in [2.24, 2.45) is 4.99 Å². The van der Waals surface area contributed by atoms with Crippen molar-refractivity contribution in [3.63, 3.8) is 0 Å². The summed E-state index contributed by atoms with van der Waals surface area (Å²) in [4.78, 5) is 20.3. The number of nitrogens with zero attached hydrogens (tertiary/aromatic N) is 4. The number of hydrogen-bond donors (Lipinski definition) is 0. The van der Waals surface area contributed by atoms with Crippen LogP contribution in [0.1, 0.15) is 12.8 Å². The van der Waals surface area contributed by atoms with Gasteiger partial charge >= 0.3 is 0 Å². The summed E-state index contributed by atoms with van der Waals surface area (Å²) < 4.78 is 1.47. The van der Waals surface area contributed by atoms with Crippen LogP contribution in [0, 0.1) is 0 Å². The average Bonchev–Trinajstić information content (AvgIpc) is 3.01. The van der Waals surface area contributed by atoms with Gasteiger partial charge in [0.05, 0.1) is 12.2 Å². The van der Waals surface area contributed by atoms with Crippen molar-refractivity contribution in [2.75, 3.05) is 0 Å². The minimum absolute atomic E-state index is 0.104. The predicted molar refractivity (Wildman–Crippen MR) is 77.5 cm³/mol. The van der Waals surface area contributed by atoms with E-state index >= 15 is 0 Å². The highest BCUT2D eigenvalue weighted by atomic mass is 16.1. The summed E-state index contributed by atoms with van der Waals surface area (Å²) in [5.74, 6) is 0. The van der Waals surface area contributed by atoms with E-state index in [0.29, 0.717) is 12.2 Å². The molecule has 0 bridgehead atoms. The number of pyridine rings is 1. The van der Waals surface area contributed by atoms with Gasteiger partial charge < -0.3 is 0 Å². The first-order chi connectivity index (χ1) is 9.83. The molecule has 3 heterocycles. The molecule has 3 rings (SSSR count). The van der Waals surface area contributed by atoms with Crippen LogP contribution in [0.3, 0.4) is 0 Å². The van der Waals surface area contributed by atoms with Crippen LogP contribution in [0.15, 0.2) is 58.1 Å². The zero-order valence-corrected chi connectivity index (χ0v) is 10.9. The number of aryl methyl sites for hydroxylation is 1. The molecule has 0 aromatic carbocycles. The van der Waals surface area contributed by atoms with E-state index in [1.807, 2.05) is 24.4 Å². The van der Waals surface area contributed by atoms with E-state index in [4.69, 9.17) is 0 Å². The van der Waals surface area contributed by atoms with Gasteiger partial charge in [0.15, 0.2) is 0 Å². The Hall–Kier alpha value is -2.56. The molecule has 0 saturated heterocycles. The van der Waals surface area contributed by atoms with Gasteiger partial charge in [-0.05, 0) is 18.2 Å². The van der Waals surface area contributed by atoms with Crippen LogP contribution in [-0.2, 0) is 6.54 Å². The lowest BCUT2D eigenvalue weighted by atomic mass is 10.2. The van der Waals surface area contributed by atoms with Crippen molar-refractivity contribution in [1.82, 2.24) is 14.8 Å². The van der Waals surface area contributed by atoms with Gasteiger partial charge in [-0.25, -0.2) is 4.68 Å². The maximum atomic E-state index is 11.8. The lowest BCUT2D eigenvalue weighted by molar-refractivity contribution is 0.577. The Morgan fingerprint density at radius 3 is 2.85 bits per heavy atom. The second-order valence-electron chi connectivity index (χ2n) is 4.49. The van der Waals surface area contributed by atoms with Crippen molar-refractivity contribution in [3.05, 3.63) is 58.7 Å². The van der Waals surface area contributed by atoms with Gasteiger partial charge in [0.1, 0.15) is 5.69 Å². The second kappa shape index (κ2) is 5.61. The molecule has 1 aliphatic rings. The Kier molecular flexibility index (Phi) is 3.50. The van der Waals surface area contributed by atoms with Crippen molar-refractivity contribution < 1.29 is 0 Å². The van der Waals surface area contributed by atoms with Crippen LogP contribution >= 0.6 is 0 Å². The zero-order valence-electron chi connectivity index (χ0n) is 10.9. The highest BCUT2D eigenvalue weighted by molar-refractivity contribution is 5.64. The zero-order chi connectivity index (χ0) is 13.8. The SMILES string of the molecule is O=c1ccc(-c2ccccn2)nn1CCC1=CCC=N1. The van der Waals surface area contributed by atoms with E-state index in [2.05, 4.69) is 21.2 Å². The molecule has 1 aliphatic heterocycles. The summed E-state index contributed by atoms with van der Waals surface area (Å²) in [6, 6.07) is 8.86. The molecule has 20 heavy (non-hydrogen) atoms. The van der Waals surface area contributed by atoms with E-state index in [0.717, 1.165) is 24.2 Å². The highest BCUT2D eigenvalue weighted by Crippen LogP contribution is 2.12. The van der Waals surface area contributed by atoms with Crippen LogP contribution in [0.2, 0.25) is 0 Å². The van der Waals surface area contributed by atoms with Crippen LogP contribution in [0.4, 0.5) is 0 Å². The lowest BCUT2D eigenvalue weighted by Gasteiger charge is -2.06. The average molecular weight is 266 g/mol. The summed E-state index contributed by atoms with van der Waals surface area (Å²) in [5, 5.41) is 4.37. The molecule has 5 nitrogen and oxygen atoms in total.